The van der Waals surface area contributed by atoms with E-state index in [1.165, 1.54) is 55.3 Å². The molecular weight excluding hydrogens is 1010 g/mol. The summed E-state index contributed by atoms with van der Waals surface area (Å²) in [6.07, 6.45) is 0. The number of hydrogen-bond acceptors (Lipinski definition) is 7. The standard InChI is InChI=1S/C39H31N3O.C37H31N3/c1-38(2)30-18-10-8-16-28(30)34-29(17-12-19-31(34)39(38,3)4)37-41-35(24-13-6-5-7-14-24)40-36(42-37)25-21-22-27-26-15-9-11-20-32(26)43-33(27)23-25;1-36(2)31-17-11-10-16-29(31)30-21-20-28(23-32(30)37(36,3)4)35-39-33(25-13-6-5-7-14-25)38-34(40-35)27-19-18-24-12-8-9-15-26(24)22-27/h5-23H,1-4H3;5-23H,1-4H3. The molecule has 0 spiro atoms. The van der Waals surface area contributed by atoms with Crippen LogP contribution < -0.4 is 0 Å². The van der Waals surface area contributed by atoms with Crippen LogP contribution >= 0.6 is 0 Å². The molecule has 13 aromatic rings. The van der Waals surface area contributed by atoms with Crippen LogP contribution in [0.25, 0.3) is 123 Å². The SMILES string of the molecule is CC1(C)c2ccccc2-c2c(-c3nc(-c4ccccc4)nc(-c4ccc5c(c4)oc4ccccc45)n3)cccc2C1(C)C.CC1(C)c2ccccc2-c2ccc(-c3nc(-c4ccccc4)nc(-c4ccc5ccccc5c4)n3)cc2C1(C)C. The maximum absolute atomic E-state index is 6.23. The van der Waals surface area contributed by atoms with E-state index >= 15 is 0 Å². The highest BCUT2D eigenvalue weighted by atomic mass is 16.3. The molecule has 2 aliphatic carbocycles. The molecule has 0 atom stereocenters. The number of benzene rings is 10. The molecule has 7 nitrogen and oxygen atoms in total. The van der Waals surface area contributed by atoms with Crippen molar-refractivity contribution in [1.29, 1.82) is 0 Å². The molecule has 3 aromatic heterocycles. The van der Waals surface area contributed by atoms with Crippen LogP contribution in [0, 0.1) is 0 Å². The average molecular weight is 1080 g/mol. The molecule has 10 aromatic carbocycles. The van der Waals surface area contributed by atoms with Gasteiger partial charge in [0.2, 0.25) is 0 Å². The lowest BCUT2D eigenvalue weighted by Gasteiger charge is -2.48. The van der Waals surface area contributed by atoms with Crippen molar-refractivity contribution in [2.24, 2.45) is 0 Å². The number of rotatable bonds is 6. The van der Waals surface area contributed by atoms with Crippen LogP contribution in [-0.2, 0) is 21.7 Å². The Hall–Kier alpha value is -9.72. The highest BCUT2D eigenvalue weighted by Gasteiger charge is 2.47. The van der Waals surface area contributed by atoms with E-state index in [2.05, 4.69) is 213 Å². The van der Waals surface area contributed by atoms with E-state index in [1.807, 2.05) is 72.8 Å². The lowest BCUT2D eigenvalue weighted by Crippen LogP contribution is -2.43. The summed E-state index contributed by atoms with van der Waals surface area (Å²) in [7, 11) is 0. The van der Waals surface area contributed by atoms with Gasteiger partial charge < -0.3 is 4.42 Å². The molecule has 0 amide bonds. The second kappa shape index (κ2) is 19.5. The van der Waals surface area contributed by atoms with E-state index in [0.29, 0.717) is 34.9 Å². The molecule has 0 saturated carbocycles. The fourth-order valence-corrected chi connectivity index (χ4v) is 12.7. The van der Waals surface area contributed by atoms with Crippen LogP contribution in [-0.4, -0.2) is 29.9 Å². The van der Waals surface area contributed by atoms with Gasteiger partial charge in [0.25, 0.3) is 0 Å². The van der Waals surface area contributed by atoms with Crippen molar-refractivity contribution in [3.63, 3.8) is 0 Å². The lowest BCUT2D eigenvalue weighted by molar-refractivity contribution is 0.299. The zero-order chi connectivity index (χ0) is 56.8. The first-order chi connectivity index (χ1) is 40.2. The van der Waals surface area contributed by atoms with E-state index in [4.69, 9.17) is 34.3 Å². The summed E-state index contributed by atoms with van der Waals surface area (Å²) >= 11 is 0. The minimum Gasteiger partial charge on any atom is -0.456 e. The van der Waals surface area contributed by atoms with E-state index < -0.39 is 0 Å². The monoisotopic (exact) mass is 1070 g/mol. The number of hydrogen-bond donors (Lipinski definition) is 0. The van der Waals surface area contributed by atoms with Gasteiger partial charge in [-0.25, -0.2) is 29.9 Å². The van der Waals surface area contributed by atoms with Gasteiger partial charge in [0.05, 0.1) is 0 Å². The molecule has 0 N–H and O–H groups in total. The normalized spacial score (nSPS) is 14.9. The number of furan rings is 1. The van der Waals surface area contributed by atoms with Gasteiger partial charge in [0, 0.05) is 44.2 Å². The van der Waals surface area contributed by atoms with Crippen molar-refractivity contribution in [2.75, 3.05) is 0 Å². The van der Waals surface area contributed by atoms with Crippen LogP contribution in [0.1, 0.15) is 77.6 Å². The van der Waals surface area contributed by atoms with Crippen molar-refractivity contribution in [2.45, 2.75) is 77.0 Å². The summed E-state index contributed by atoms with van der Waals surface area (Å²) in [6, 6.07) is 80.4. The molecule has 402 valence electrons. The fraction of sp³-hybridized carbons (Fsp3) is 0.158. The molecule has 0 fully saturated rings. The Labute approximate surface area is 484 Å². The van der Waals surface area contributed by atoms with Gasteiger partial charge >= 0.3 is 0 Å². The summed E-state index contributed by atoms with van der Waals surface area (Å²) in [5, 5.41) is 4.55. The Balaban J connectivity index is 0.000000148. The third kappa shape index (κ3) is 8.47. The topological polar surface area (TPSA) is 90.5 Å². The first-order valence-electron chi connectivity index (χ1n) is 28.7. The molecule has 0 bridgehead atoms. The third-order valence-corrected chi connectivity index (χ3v) is 18.8. The predicted octanol–water partition coefficient (Wildman–Crippen LogP) is 19.3. The molecule has 0 unspecified atom stereocenters. The van der Waals surface area contributed by atoms with Gasteiger partial charge in [-0.05, 0) is 107 Å². The van der Waals surface area contributed by atoms with Gasteiger partial charge in [-0.15, -0.1) is 0 Å². The number of para-hydroxylation sites is 1. The van der Waals surface area contributed by atoms with Gasteiger partial charge in [0.1, 0.15) is 11.2 Å². The van der Waals surface area contributed by atoms with Crippen molar-refractivity contribution in [3.05, 3.63) is 253 Å². The quantitative estimate of drug-likeness (QED) is 0.164. The molecule has 3 heterocycles. The Morgan fingerprint density at radius 3 is 1.34 bits per heavy atom. The maximum Gasteiger partial charge on any atom is 0.164 e. The maximum atomic E-state index is 6.23. The van der Waals surface area contributed by atoms with Gasteiger partial charge in [-0.2, -0.15) is 0 Å². The third-order valence-electron chi connectivity index (χ3n) is 18.8. The van der Waals surface area contributed by atoms with Gasteiger partial charge in [-0.3, -0.25) is 0 Å². The van der Waals surface area contributed by atoms with Crippen LogP contribution in [0.2, 0.25) is 0 Å². The Morgan fingerprint density at radius 1 is 0.253 bits per heavy atom. The lowest BCUT2D eigenvalue weighted by atomic mass is 9.55. The second-order valence-corrected chi connectivity index (χ2v) is 24.3. The van der Waals surface area contributed by atoms with Crippen LogP contribution in [0.5, 0.6) is 0 Å². The molecule has 2 aliphatic rings. The summed E-state index contributed by atoms with van der Waals surface area (Å²) < 4.78 is 6.23. The van der Waals surface area contributed by atoms with Crippen molar-refractivity contribution in [1.82, 2.24) is 29.9 Å². The Morgan fingerprint density at radius 2 is 0.675 bits per heavy atom. The molecule has 15 rings (SSSR count). The summed E-state index contributed by atoms with van der Waals surface area (Å²) in [6.45, 7) is 18.8. The van der Waals surface area contributed by atoms with Gasteiger partial charge in [0.15, 0.2) is 34.9 Å². The molecule has 7 heteroatoms. The van der Waals surface area contributed by atoms with Crippen molar-refractivity contribution in [3.8, 4) is 90.6 Å². The minimum absolute atomic E-state index is 0.0419. The highest BCUT2D eigenvalue weighted by molar-refractivity contribution is 6.06. The fourth-order valence-electron chi connectivity index (χ4n) is 12.7. The zero-order valence-corrected chi connectivity index (χ0v) is 48.0. The average Bonchev–Trinajstić information content (AvgIpc) is 3.92. The molecule has 0 saturated heterocycles. The van der Waals surface area contributed by atoms with E-state index in [9.17, 15) is 0 Å². The van der Waals surface area contributed by atoms with Crippen LogP contribution in [0.4, 0.5) is 0 Å². The first-order valence-corrected chi connectivity index (χ1v) is 28.7. The smallest absolute Gasteiger partial charge is 0.164 e. The van der Waals surface area contributed by atoms with E-state index in [1.54, 1.807) is 0 Å². The minimum atomic E-state index is -0.114. The predicted molar refractivity (Wildman–Crippen MR) is 340 cm³/mol. The largest absolute Gasteiger partial charge is 0.456 e. The molecule has 0 radical (unpaired) electrons. The Kier molecular flexibility index (Phi) is 12.1. The number of nitrogens with zero attached hydrogens (tertiary/aromatic N) is 6. The number of fused-ring (bicyclic) bond motifs is 10. The van der Waals surface area contributed by atoms with E-state index in [0.717, 1.165) is 55.3 Å². The molecule has 0 aliphatic heterocycles. The second-order valence-electron chi connectivity index (χ2n) is 24.3. The summed E-state index contributed by atoms with van der Waals surface area (Å²) in [4.78, 5) is 30.3. The van der Waals surface area contributed by atoms with Crippen LogP contribution in [0.3, 0.4) is 0 Å². The number of aromatic nitrogens is 6. The molecular formula is C76H62N6O. The summed E-state index contributed by atoms with van der Waals surface area (Å²) in [5.74, 6) is 3.97. The molecule has 83 heavy (non-hydrogen) atoms. The first kappa shape index (κ1) is 51.4. The van der Waals surface area contributed by atoms with Crippen molar-refractivity contribution >= 4 is 32.7 Å². The van der Waals surface area contributed by atoms with E-state index in [-0.39, 0.29) is 21.7 Å². The zero-order valence-electron chi connectivity index (χ0n) is 48.0. The summed E-state index contributed by atoms with van der Waals surface area (Å²) in [5.41, 5.74) is 17.6. The highest BCUT2D eigenvalue weighted by Crippen LogP contribution is 2.57. The van der Waals surface area contributed by atoms with Gasteiger partial charge in [-0.1, -0.05) is 256 Å². The Bertz CT molecular complexity index is 4690. The van der Waals surface area contributed by atoms with Crippen LogP contribution in [0.15, 0.2) is 235 Å². The van der Waals surface area contributed by atoms with Crippen molar-refractivity contribution < 1.29 is 4.42 Å².